The Bertz CT molecular complexity index is 189. The summed E-state index contributed by atoms with van der Waals surface area (Å²) < 4.78 is 2.11. The summed E-state index contributed by atoms with van der Waals surface area (Å²) in [6.07, 6.45) is 2.03. The van der Waals surface area contributed by atoms with Gasteiger partial charge in [0, 0.05) is 4.88 Å². The molecule has 0 bridgehead atoms. The van der Waals surface area contributed by atoms with Crippen LogP contribution in [-0.2, 0) is 0 Å². The molecule has 0 atom stereocenters. The van der Waals surface area contributed by atoms with Crippen LogP contribution in [0.25, 0.3) is 0 Å². The number of thiazole rings is 1. The normalized spacial score (nSPS) is 10.1. The summed E-state index contributed by atoms with van der Waals surface area (Å²) in [5, 5.41) is 0. The Kier molecular flexibility index (Phi) is 2.55. The molecule has 1 rings (SSSR count). The third kappa shape index (κ3) is 1.69. The van der Waals surface area contributed by atoms with Crippen molar-refractivity contribution in [2.24, 2.45) is 0 Å². The first-order valence-corrected chi connectivity index (χ1v) is 5.24. The molecule has 0 aliphatic heterocycles. The minimum atomic E-state index is 0.983. The van der Waals surface area contributed by atoms with Crippen molar-refractivity contribution in [2.45, 2.75) is 11.3 Å². The van der Waals surface area contributed by atoms with Gasteiger partial charge in [0.15, 0.2) is 4.34 Å². The van der Waals surface area contributed by atoms with Gasteiger partial charge in [-0.05, 0) is 29.1 Å². The van der Waals surface area contributed by atoms with Gasteiger partial charge in [-0.3, -0.25) is 0 Å². The van der Waals surface area contributed by atoms with Crippen molar-refractivity contribution < 1.29 is 0 Å². The molecule has 0 unspecified atom stereocenters. The van der Waals surface area contributed by atoms with Crippen molar-refractivity contribution in [1.82, 2.24) is 4.98 Å². The molecule has 9 heavy (non-hydrogen) atoms. The van der Waals surface area contributed by atoms with Crippen LogP contribution in [0.2, 0.25) is 0 Å². The van der Waals surface area contributed by atoms with E-state index in [1.165, 1.54) is 4.88 Å². The zero-order valence-corrected chi connectivity index (χ0v) is 8.36. The van der Waals surface area contributed by atoms with Crippen LogP contribution in [0.5, 0.6) is 0 Å². The van der Waals surface area contributed by atoms with Crippen molar-refractivity contribution in [2.75, 3.05) is 6.26 Å². The van der Waals surface area contributed by atoms with Gasteiger partial charge in [0.1, 0.15) is 4.60 Å². The molecule has 0 fully saturated rings. The first-order chi connectivity index (χ1) is 4.24. The molecular formula is C5H6BrNS2. The Morgan fingerprint density at radius 3 is 2.56 bits per heavy atom. The summed E-state index contributed by atoms with van der Waals surface area (Å²) in [6, 6.07) is 0. The highest BCUT2D eigenvalue weighted by Gasteiger charge is 2.01. The molecule has 50 valence electrons. The predicted molar refractivity (Wildman–Crippen MR) is 46.3 cm³/mol. The van der Waals surface area contributed by atoms with Gasteiger partial charge in [-0.25, -0.2) is 4.98 Å². The molecule has 0 saturated heterocycles. The van der Waals surface area contributed by atoms with E-state index in [1.807, 2.05) is 6.26 Å². The second kappa shape index (κ2) is 3.03. The molecule has 4 heteroatoms. The molecule has 0 aliphatic carbocycles. The lowest BCUT2D eigenvalue weighted by Gasteiger charge is -1.78. The van der Waals surface area contributed by atoms with E-state index < -0.39 is 0 Å². The molecule has 0 amide bonds. The number of nitrogens with zero attached hydrogens (tertiary/aromatic N) is 1. The highest BCUT2D eigenvalue weighted by atomic mass is 79.9. The molecule has 0 aliphatic rings. The smallest absolute Gasteiger partial charge is 0.151 e. The fourth-order valence-corrected chi connectivity index (χ4v) is 2.52. The minimum Gasteiger partial charge on any atom is -0.222 e. The maximum Gasteiger partial charge on any atom is 0.151 e. The van der Waals surface area contributed by atoms with Gasteiger partial charge in [-0.15, -0.1) is 11.3 Å². The summed E-state index contributed by atoms with van der Waals surface area (Å²) in [6.45, 7) is 2.06. The van der Waals surface area contributed by atoms with E-state index in [1.54, 1.807) is 23.1 Å². The van der Waals surface area contributed by atoms with Crippen molar-refractivity contribution >= 4 is 39.0 Å². The van der Waals surface area contributed by atoms with E-state index in [0.717, 1.165) is 8.94 Å². The van der Waals surface area contributed by atoms with E-state index in [4.69, 9.17) is 0 Å². The number of hydrogen-bond acceptors (Lipinski definition) is 3. The standard InChI is InChI=1S/C5H6BrNS2/c1-3-4(6)7-5(8-2)9-3/h1-2H3. The molecule has 0 N–H and O–H groups in total. The molecule has 0 aromatic carbocycles. The maximum absolute atomic E-state index is 4.23. The van der Waals surface area contributed by atoms with Gasteiger partial charge < -0.3 is 0 Å². The topological polar surface area (TPSA) is 12.9 Å². The number of hydrogen-bond donors (Lipinski definition) is 0. The highest BCUT2D eigenvalue weighted by Crippen LogP contribution is 2.27. The van der Waals surface area contributed by atoms with Gasteiger partial charge in [0.05, 0.1) is 0 Å². The SMILES string of the molecule is CSc1nc(Br)c(C)s1. The van der Waals surface area contributed by atoms with Crippen LogP contribution in [0.1, 0.15) is 4.88 Å². The number of aryl methyl sites for hydroxylation is 1. The summed E-state index contributed by atoms with van der Waals surface area (Å²) in [7, 11) is 0. The van der Waals surface area contributed by atoms with Crippen LogP contribution < -0.4 is 0 Å². The number of thioether (sulfide) groups is 1. The molecule has 0 saturated carbocycles. The fourth-order valence-electron chi connectivity index (χ4n) is 0.442. The van der Waals surface area contributed by atoms with Crippen molar-refractivity contribution in [1.29, 1.82) is 0 Å². The van der Waals surface area contributed by atoms with Crippen molar-refractivity contribution in [3.63, 3.8) is 0 Å². The van der Waals surface area contributed by atoms with Crippen LogP contribution in [0.4, 0.5) is 0 Å². The fraction of sp³-hybridized carbons (Fsp3) is 0.400. The van der Waals surface area contributed by atoms with E-state index in [0.29, 0.717) is 0 Å². The van der Waals surface area contributed by atoms with Gasteiger partial charge in [0.2, 0.25) is 0 Å². The average molecular weight is 224 g/mol. The molecule has 1 nitrogen and oxygen atoms in total. The lowest BCUT2D eigenvalue weighted by Crippen LogP contribution is -1.64. The third-order valence-electron chi connectivity index (χ3n) is 0.895. The average Bonchev–Trinajstić information content (AvgIpc) is 2.13. The zero-order chi connectivity index (χ0) is 6.85. The largest absolute Gasteiger partial charge is 0.222 e. The Morgan fingerprint density at radius 1 is 1.67 bits per heavy atom. The molecular weight excluding hydrogens is 218 g/mol. The van der Waals surface area contributed by atoms with Crippen molar-refractivity contribution in [3.8, 4) is 0 Å². The Labute approximate surface area is 71.0 Å². The Hall–Kier alpha value is 0.460. The molecule has 1 aromatic rings. The lowest BCUT2D eigenvalue weighted by molar-refractivity contribution is 1.20. The molecule has 0 spiro atoms. The van der Waals surface area contributed by atoms with Gasteiger partial charge in [0.25, 0.3) is 0 Å². The first kappa shape index (κ1) is 7.57. The van der Waals surface area contributed by atoms with Crippen LogP contribution in [-0.4, -0.2) is 11.2 Å². The first-order valence-electron chi connectivity index (χ1n) is 2.41. The zero-order valence-electron chi connectivity index (χ0n) is 5.14. The highest BCUT2D eigenvalue weighted by molar-refractivity contribution is 9.10. The van der Waals surface area contributed by atoms with Crippen LogP contribution in [0, 0.1) is 6.92 Å². The van der Waals surface area contributed by atoms with Crippen LogP contribution in [0.3, 0.4) is 0 Å². The van der Waals surface area contributed by atoms with Crippen LogP contribution >= 0.6 is 39.0 Å². The van der Waals surface area contributed by atoms with Crippen LogP contribution in [0.15, 0.2) is 8.94 Å². The van der Waals surface area contributed by atoms with E-state index >= 15 is 0 Å². The van der Waals surface area contributed by atoms with E-state index in [2.05, 4.69) is 27.8 Å². The Balaban J connectivity index is 2.98. The molecule has 1 heterocycles. The summed E-state index contributed by atoms with van der Waals surface area (Å²) in [5.74, 6) is 0. The second-order valence-corrected chi connectivity index (χ2v) is 4.54. The minimum absolute atomic E-state index is 0.983. The van der Waals surface area contributed by atoms with Gasteiger partial charge >= 0.3 is 0 Å². The van der Waals surface area contributed by atoms with Gasteiger partial charge in [-0.1, -0.05) is 11.8 Å². The quantitative estimate of drug-likeness (QED) is 0.680. The summed E-state index contributed by atoms with van der Waals surface area (Å²) in [4.78, 5) is 5.48. The molecule has 1 aromatic heterocycles. The second-order valence-electron chi connectivity index (χ2n) is 1.53. The lowest BCUT2D eigenvalue weighted by atomic mass is 10.7. The number of halogens is 1. The predicted octanol–water partition coefficient (Wildman–Crippen LogP) is 2.94. The summed E-state index contributed by atoms with van der Waals surface area (Å²) in [5.41, 5.74) is 0. The molecule has 0 radical (unpaired) electrons. The number of rotatable bonds is 1. The maximum atomic E-state index is 4.23. The third-order valence-corrected chi connectivity index (χ3v) is 3.89. The summed E-state index contributed by atoms with van der Waals surface area (Å²) >= 11 is 6.74. The van der Waals surface area contributed by atoms with E-state index in [9.17, 15) is 0 Å². The van der Waals surface area contributed by atoms with E-state index in [-0.39, 0.29) is 0 Å². The van der Waals surface area contributed by atoms with Gasteiger partial charge in [-0.2, -0.15) is 0 Å². The van der Waals surface area contributed by atoms with Crippen molar-refractivity contribution in [3.05, 3.63) is 9.48 Å². The monoisotopic (exact) mass is 223 g/mol. The number of aromatic nitrogens is 1. The Morgan fingerprint density at radius 2 is 2.33 bits per heavy atom.